The second kappa shape index (κ2) is 3.63. The van der Waals surface area contributed by atoms with Crippen LogP contribution in [-0.4, -0.2) is 32.0 Å². The predicted octanol–water partition coefficient (Wildman–Crippen LogP) is 0.447. The van der Waals surface area contributed by atoms with E-state index in [0.29, 0.717) is 6.04 Å². The molecule has 2 rings (SSSR count). The molecular formula is C7H13N5S. The summed E-state index contributed by atoms with van der Waals surface area (Å²) < 4.78 is 1.91. The number of hydrogen-bond acceptors (Lipinski definition) is 5. The number of nitrogens with zero attached hydrogens (tertiary/aromatic N) is 4. The van der Waals surface area contributed by atoms with E-state index in [0.717, 1.165) is 10.9 Å². The Labute approximate surface area is 81.1 Å². The minimum absolute atomic E-state index is 0.189. The van der Waals surface area contributed by atoms with Crippen molar-refractivity contribution >= 4 is 11.8 Å². The van der Waals surface area contributed by atoms with Gasteiger partial charge in [-0.05, 0) is 30.2 Å². The fourth-order valence-corrected chi connectivity index (χ4v) is 1.86. The van der Waals surface area contributed by atoms with Gasteiger partial charge >= 0.3 is 0 Å². The van der Waals surface area contributed by atoms with Crippen molar-refractivity contribution in [2.24, 2.45) is 5.73 Å². The first-order chi connectivity index (χ1) is 6.27. The van der Waals surface area contributed by atoms with Crippen molar-refractivity contribution in [1.29, 1.82) is 0 Å². The summed E-state index contributed by atoms with van der Waals surface area (Å²) in [5, 5.41) is 12.5. The molecule has 72 valence electrons. The summed E-state index contributed by atoms with van der Waals surface area (Å²) in [6, 6.07) is 0.736. The molecule has 1 aromatic heterocycles. The van der Waals surface area contributed by atoms with Gasteiger partial charge in [-0.3, -0.25) is 0 Å². The average molecular weight is 199 g/mol. The maximum absolute atomic E-state index is 5.65. The molecular weight excluding hydrogens is 186 g/mol. The van der Waals surface area contributed by atoms with E-state index in [2.05, 4.69) is 15.5 Å². The molecule has 1 aromatic rings. The smallest absolute Gasteiger partial charge is 0.209 e. The van der Waals surface area contributed by atoms with Gasteiger partial charge in [-0.1, -0.05) is 11.8 Å². The first-order valence-corrected chi connectivity index (χ1v) is 5.42. The van der Waals surface area contributed by atoms with Crippen LogP contribution < -0.4 is 5.73 Å². The molecule has 0 bridgehead atoms. The van der Waals surface area contributed by atoms with Crippen LogP contribution in [0.15, 0.2) is 5.16 Å². The quantitative estimate of drug-likeness (QED) is 0.713. The molecule has 1 unspecified atom stereocenters. The molecule has 1 saturated carbocycles. The Morgan fingerprint density at radius 2 is 2.46 bits per heavy atom. The van der Waals surface area contributed by atoms with Gasteiger partial charge in [0.25, 0.3) is 0 Å². The summed E-state index contributed by atoms with van der Waals surface area (Å²) in [5.74, 6) is 0.868. The average Bonchev–Trinajstić information content (AvgIpc) is 2.82. The molecule has 2 N–H and O–H groups in total. The zero-order chi connectivity index (χ0) is 9.26. The maximum atomic E-state index is 5.65. The zero-order valence-corrected chi connectivity index (χ0v) is 8.37. The van der Waals surface area contributed by atoms with Crippen LogP contribution in [0.25, 0.3) is 0 Å². The van der Waals surface area contributed by atoms with Gasteiger partial charge in [0.05, 0.1) is 6.04 Å². The number of hydrogen-bond donors (Lipinski definition) is 1. The summed E-state index contributed by atoms with van der Waals surface area (Å²) in [4.78, 5) is 0. The Balaban J connectivity index is 1.98. The Morgan fingerprint density at radius 3 is 3.08 bits per heavy atom. The van der Waals surface area contributed by atoms with E-state index in [-0.39, 0.29) is 6.04 Å². The van der Waals surface area contributed by atoms with Crippen LogP contribution in [0.4, 0.5) is 0 Å². The monoisotopic (exact) mass is 199 g/mol. The minimum Gasteiger partial charge on any atom is -0.327 e. The molecule has 5 nitrogen and oxygen atoms in total. The lowest BCUT2D eigenvalue weighted by Crippen LogP contribution is -2.17. The van der Waals surface area contributed by atoms with Gasteiger partial charge in [0, 0.05) is 11.8 Å². The topological polar surface area (TPSA) is 69.6 Å². The largest absolute Gasteiger partial charge is 0.327 e. The van der Waals surface area contributed by atoms with Gasteiger partial charge in [0.2, 0.25) is 5.16 Å². The molecule has 1 atom stereocenters. The highest BCUT2D eigenvalue weighted by atomic mass is 32.2. The van der Waals surface area contributed by atoms with Crippen LogP contribution in [-0.2, 0) is 0 Å². The van der Waals surface area contributed by atoms with Gasteiger partial charge < -0.3 is 5.73 Å². The highest BCUT2D eigenvalue weighted by Crippen LogP contribution is 2.36. The van der Waals surface area contributed by atoms with E-state index in [4.69, 9.17) is 5.73 Å². The number of aromatic nitrogens is 4. The van der Waals surface area contributed by atoms with Gasteiger partial charge in [-0.25, -0.2) is 4.68 Å². The van der Waals surface area contributed by atoms with Crippen LogP contribution in [0, 0.1) is 0 Å². The molecule has 1 aliphatic carbocycles. The van der Waals surface area contributed by atoms with E-state index in [1.807, 2.05) is 11.6 Å². The Bertz CT molecular complexity index is 280. The SMILES string of the molecule is CC(N)CSc1nnnn1C1CC1. The third-order valence-electron chi connectivity index (χ3n) is 1.83. The van der Waals surface area contributed by atoms with E-state index in [1.54, 1.807) is 11.8 Å². The summed E-state index contributed by atoms with van der Waals surface area (Å²) >= 11 is 1.63. The van der Waals surface area contributed by atoms with Crippen molar-refractivity contribution in [2.75, 3.05) is 5.75 Å². The summed E-state index contributed by atoms with van der Waals surface area (Å²) in [7, 11) is 0. The van der Waals surface area contributed by atoms with E-state index >= 15 is 0 Å². The number of nitrogens with two attached hydrogens (primary N) is 1. The van der Waals surface area contributed by atoms with E-state index in [1.165, 1.54) is 12.8 Å². The molecule has 1 aliphatic rings. The number of rotatable bonds is 4. The molecule has 0 spiro atoms. The second-order valence-corrected chi connectivity index (χ2v) is 4.41. The Kier molecular flexibility index (Phi) is 2.50. The van der Waals surface area contributed by atoms with Crippen LogP contribution >= 0.6 is 11.8 Å². The molecule has 0 aromatic carbocycles. The Hall–Kier alpha value is -0.620. The molecule has 1 fully saturated rings. The summed E-state index contributed by atoms with van der Waals surface area (Å²) in [6.45, 7) is 1.98. The standard InChI is InChI=1S/C7H13N5S/c1-5(8)4-13-7-9-10-11-12(7)6-2-3-6/h5-6H,2-4,8H2,1H3. The van der Waals surface area contributed by atoms with Crippen molar-refractivity contribution in [2.45, 2.75) is 37.0 Å². The number of thioether (sulfide) groups is 1. The molecule has 0 aliphatic heterocycles. The molecule has 0 amide bonds. The number of tetrazole rings is 1. The van der Waals surface area contributed by atoms with E-state index in [9.17, 15) is 0 Å². The molecule has 0 radical (unpaired) electrons. The minimum atomic E-state index is 0.189. The first kappa shape index (κ1) is 8.96. The highest BCUT2D eigenvalue weighted by Gasteiger charge is 2.27. The maximum Gasteiger partial charge on any atom is 0.209 e. The molecule has 1 heterocycles. The Morgan fingerprint density at radius 1 is 1.69 bits per heavy atom. The van der Waals surface area contributed by atoms with Crippen molar-refractivity contribution in [1.82, 2.24) is 20.2 Å². The van der Waals surface area contributed by atoms with Crippen molar-refractivity contribution in [3.05, 3.63) is 0 Å². The zero-order valence-electron chi connectivity index (χ0n) is 7.55. The van der Waals surface area contributed by atoms with Crippen molar-refractivity contribution in [3.63, 3.8) is 0 Å². The molecule has 0 saturated heterocycles. The summed E-state index contributed by atoms with van der Waals surface area (Å²) in [5.41, 5.74) is 5.65. The lowest BCUT2D eigenvalue weighted by molar-refractivity contribution is 0.565. The van der Waals surface area contributed by atoms with Crippen LogP contribution in [0.1, 0.15) is 25.8 Å². The fourth-order valence-electron chi connectivity index (χ4n) is 1.03. The molecule has 6 heteroatoms. The lowest BCUT2D eigenvalue weighted by Gasteiger charge is -2.03. The molecule has 13 heavy (non-hydrogen) atoms. The van der Waals surface area contributed by atoms with Crippen LogP contribution in [0.3, 0.4) is 0 Å². The first-order valence-electron chi connectivity index (χ1n) is 4.43. The second-order valence-electron chi connectivity index (χ2n) is 3.43. The summed E-state index contributed by atoms with van der Waals surface area (Å²) in [6.07, 6.45) is 2.41. The highest BCUT2D eigenvalue weighted by molar-refractivity contribution is 7.99. The third-order valence-corrected chi connectivity index (χ3v) is 3.05. The van der Waals surface area contributed by atoms with Gasteiger partial charge in [-0.15, -0.1) is 5.10 Å². The van der Waals surface area contributed by atoms with Crippen molar-refractivity contribution in [3.8, 4) is 0 Å². The van der Waals surface area contributed by atoms with E-state index < -0.39 is 0 Å². The third kappa shape index (κ3) is 2.19. The van der Waals surface area contributed by atoms with Crippen molar-refractivity contribution < 1.29 is 0 Å². The fraction of sp³-hybridized carbons (Fsp3) is 0.857. The van der Waals surface area contributed by atoms with Gasteiger partial charge in [0.1, 0.15) is 0 Å². The lowest BCUT2D eigenvalue weighted by atomic mass is 10.4. The van der Waals surface area contributed by atoms with Gasteiger partial charge in [0.15, 0.2) is 0 Å². The predicted molar refractivity (Wildman–Crippen MR) is 50.5 cm³/mol. The van der Waals surface area contributed by atoms with Crippen LogP contribution in [0.2, 0.25) is 0 Å². The normalized spacial score (nSPS) is 18.9. The van der Waals surface area contributed by atoms with Gasteiger partial charge in [-0.2, -0.15) is 0 Å². The van der Waals surface area contributed by atoms with Crippen LogP contribution in [0.5, 0.6) is 0 Å².